The smallest absolute Gasteiger partial charge is 0.322 e. The molecule has 4 rings (SSSR count). The lowest BCUT2D eigenvalue weighted by Crippen LogP contribution is -2.45. The fourth-order valence-corrected chi connectivity index (χ4v) is 3.86. The van der Waals surface area contributed by atoms with Crippen molar-refractivity contribution >= 4 is 11.9 Å². The topological polar surface area (TPSA) is 71.1 Å². The molecule has 0 radical (unpaired) electrons. The number of likely N-dealkylation sites (N-methyl/N-ethyl adjacent to an activating group) is 1. The van der Waals surface area contributed by atoms with Gasteiger partial charge in [0.2, 0.25) is 0 Å². The maximum absolute atomic E-state index is 13.3. The number of hydrogen-bond donors (Lipinski definition) is 1. The number of nitrogens with zero attached hydrogens (tertiary/aromatic N) is 2. The number of nitrogens with one attached hydrogen (secondary N) is 1. The number of amides is 3. The van der Waals surface area contributed by atoms with Gasteiger partial charge in [0.25, 0.3) is 5.91 Å². The molecule has 3 amide bonds. The molecule has 0 fully saturated rings. The van der Waals surface area contributed by atoms with Crippen LogP contribution in [0.2, 0.25) is 0 Å². The molecule has 30 heavy (non-hydrogen) atoms. The van der Waals surface area contributed by atoms with Gasteiger partial charge in [-0.1, -0.05) is 12.1 Å². The second-order valence-corrected chi connectivity index (χ2v) is 7.20. The normalized spacial score (nSPS) is 18.5. The van der Waals surface area contributed by atoms with Gasteiger partial charge in [0.1, 0.15) is 17.3 Å². The zero-order chi connectivity index (χ0) is 21.4. The molecule has 0 aliphatic carbocycles. The van der Waals surface area contributed by atoms with E-state index in [0.717, 1.165) is 5.56 Å². The molecule has 0 bridgehead atoms. The number of rotatable bonds is 5. The van der Waals surface area contributed by atoms with E-state index < -0.39 is 6.04 Å². The van der Waals surface area contributed by atoms with Crippen molar-refractivity contribution in [1.29, 1.82) is 0 Å². The van der Waals surface area contributed by atoms with E-state index >= 15 is 0 Å². The molecule has 1 N–H and O–H groups in total. The zero-order valence-corrected chi connectivity index (χ0v) is 16.9. The summed E-state index contributed by atoms with van der Waals surface area (Å²) in [6.07, 6.45) is 0. The van der Waals surface area contributed by atoms with E-state index in [-0.39, 0.29) is 24.3 Å². The first-order chi connectivity index (χ1) is 14.4. The summed E-state index contributed by atoms with van der Waals surface area (Å²) >= 11 is 0. The highest BCUT2D eigenvalue weighted by molar-refractivity contribution is 6.01. The fourth-order valence-electron chi connectivity index (χ4n) is 3.86. The largest absolute Gasteiger partial charge is 0.497 e. The van der Waals surface area contributed by atoms with Crippen molar-refractivity contribution in [1.82, 2.24) is 15.1 Å². The molecule has 8 heteroatoms. The van der Waals surface area contributed by atoms with E-state index in [1.54, 1.807) is 49.4 Å². The van der Waals surface area contributed by atoms with Crippen LogP contribution in [0.1, 0.15) is 17.2 Å². The maximum Gasteiger partial charge on any atom is 0.322 e. The van der Waals surface area contributed by atoms with Crippen LogP contribution in [0.15, 0.2) is 53.7 Å². The van der Waals surface area contributed by atoms with Gasteiger partial charge in [-0.05, 0) is 35.9 Å². The number of halogens is 1. The quantitative estimate of drug-likeness (QED) is 0.822. The summed E-state index contributed by atoms with van der Waals surface area (Å²) in [6, 6.07) is 10.3. The predicted octanol–water partition coefficient (Wildman–Crippen LogP) is 2.84. The molecule has 2 aliphatic rings. The third-order valence-electron chi connectivity index (χ3n) is 5.47. The zero-order valence-electron chi connectivity index (χ0n) is 16.9. The molecule has 2 aromatic rings. The Morgan fingerprint density at radius 2 is 1.83 bits per heavy atom. The van der Waals surface area contributed by atoms with Crippen molar-refractivity contribution in [2.24, 2.45) is 0 Å². The second kappa shape index (κ2) is 7.70. The highest BCUT2D eigenvalue weighted by Crippen LogP contribution is 2.40. The minimum absolute atomic E-state index is 0.184. The molecule has 0 saturated heterocycles. The van der Waals surface area contributed by atoms with Crippen LogP contribution in [0.4, 0.5) is 9.18 Å². The highest BCUT2D eigenvalue weighted by atomic mass is 19.1. The summed E-state index contributed by atoms with van der Waals surface area (Å²) in [6.45, 7) is 0.606. The van der Waals surface area contributed by atoms with Crippen LogP contribution >= 0.6 is 0 Å². The first-order valence-corrected chi connectivity index (χ1v) is 9.45. The summed E-state index contributed by atoms with van der Waals surface area (Å²) in [5.74, 6) is 0.622. The predicted molar refractivity (Wildman–Crippen MR) is 107 cm³/mol. The molecule has 2 aliphatic heterocycles. The summed E-state index contributed by atoms with van der Waals surface area (Å²) < 4.78 is 24.0. The van der Waals surface area contributed by atoms with E-state index in [1.807, 2.05) is 0 Å². The van der Waals surface area contributed by atoms with Crippen molar-refractivity contribution in [3.8, 4) is 11.5 Å². The average molecular weight is 411 g/mol. The van der Waals surface area contributed by atoms with Crippen molar-refractivity contribution in [3.63, 3.8) is 0 Å². The van der Waals surface area contributed by atoms with Crippen LogP contribution in [-0.2, 0) is 11.3 Å². The number of ether oxygens (including phenoxy) is 2. The summed E-state index contributed by atoms with van der Waals surface area (Å²) in [7, 11) is 4.72. The van der Waals surface area contributed by atoms with Crippen LogP contribution < -0.4 is 14.8 Å². The summed E-state index contributed by atoms with van der Waals surface area (Å²) in [5, 5.41) is 2.90. The SMILES string of the molecule is COc1ccc(OC)c(C2NC(=O)N(C)C3=C2C(=O)N(Cc2ccc(F)cc2)C3)c1. The Bertz CT molecular complexity index is 1040. The Morgan fingerprint density at radius 1 is 1.10 bits per heavy atom. The monoisotopic (exact) mass is 411 g/mol. The standard InChI is InChI=1S/C22H22FN3O4/c1-25-17-12-26(11-13-4-6-14(23)7-5-13)21(27)19(17)20(24-22(25)28)16-10-15(29-2)8-9-18(16)30-3/h4-10,20H,11-12H2,1-3H3,(H,24,28). The van der Waals surface area contributed by atoms with Crippen molar-refractivity contribution in [2.75, 3.05) is 27.8 Å². The number of methoxy groups -OCH3 is 2. The lowest BCUT2D eigenvalue weighted by molar-refractivity contribution is -0.126. The van der Waals surface area contributed by atoms with Gasteiger partial charge in [-0.15, -0.1) is 0 Å². The Morgan fingerprint density at radius 3 is 2.50 bits per heavy atom. The number of carbonyl (C=O) groups excluding carboxylic acids is 2. The van der Waals surface area contributed by atoms with Crippen molar-refractivity contribution < 1.29 is 23.5 Å². The maximum atomic E-state index is 13.3. The van der Waals surface area contributed by atoms with Gasteiger partial charge in [0, 0.05) is 19.2 Å². The number of carbonyl (C=O) groups is 2. The Labute approximate surface area is 173 Å². The van der Waals surface area contributed by atoms with Gasteiger partial charge in [-0.25, -0.2) is 9.18 Å². The molecule has 156 valence electrons. The van der Waals surface area contributed by atoms with E-state index in [0.29, 0.717) is 34.9 Å². The van der Waals surface area contributed by atoms with Crippen LogP contribution in [-0.4, -0.2) is 49.6 Å². The number of hydrogen-bond acceptors (Lipinski definition) is 4. The summed E-state index contributed by atoms with van der Waals surface area (Å²) in [5.41, 5.74) is 2.58. The van der Waals surface area contributed by atoms with Gasteiger partial charge < -0.3 is 19.7 Å². The second-order valence-electron chi connectivity index (χ2n) is 7.20. The van der Waals surface area contributed by atoms with Crippen LogP contribution in [0, 0.1) is 5.82 Å². The van der Waals surface area contributed by atoms with Crippen LogP contribution in [0.3, 0.4) is 0 Å². The first-order valence-electron chi connectivity index (χ1n) is 9.45. The highest BCUT2D eigenvalue weighted by Gasteiger charge is 2.43. The lowest BCUT2D eigenvalue weighted by atomic mass is 9.94. The third-order valence-corrected chi connectivity index (χ3v) is 5.47. The number of urea groups is 1. The molecule has 0 spiro atoms. The Hall–Kier alpha value is -3.55. The Balaban J connectivity index is 1.71. The number of benzene rings is 2. The molecule has 2 aromatic carbocycles. The lowest BCUT2D eigenvalue weighted by Gasteiger charge is -2.31. The first kappa shape index (κ1) is 19.8. The molecule has 1 atom stereocenters. The van der Waals surface area contributed by atoms with E-state index in [9.17, 15) is 14.0 Å². The van der Waals surface area contributed by atoms with E-state index in [1.165, 1.54) is 24.1 Å². The minimum Gasteiger partial charge on any atom is -0.497 e. The van der Waals surface area contributed by atoms with Gasteiger partial charge in [-0.2, -0.15) is 0 Å². The molecule has 2 heterocycles. The molecular formula is C22H22FN3O4. The molecular weight excluding hydrogens is 389 g/mol. The van der Waals surface area contributed by atoms with Gasteiger partial charge in [-0.3, -0.25) is 9.69 Å². The van der Waals surface area contributed by atoms with Gasteiger partial charge in [0.05, 0.1) is 38.1 Å². The van der Waals surface area contributed by atoms with Crippen molar-refractivity contribution in [3.05, 3.63) is 70.7 Å². The Kier molecular flexibility index (Phi) is 5.07. The van der Waals surface area contributed by atoms with E-state index in [2.05, 4.69) is 5.32 Å². The minimum atomic E-state index is -0.667. The van der Waals surface area contributed by atoms with Gasteiger partial charge >= 0.3 is 6.03 Å². The van der Waals surface area contributed by atoms with E-state index in [4.69, 9.17) is 9.47 Å². The van der Waals surface area contributed by atoms with Gasteiger partial charge in [0.15, 0.2) is 0 Å². The van der Waals surface area contributed by atoms with Crippen LogP contribution in [0.5, 0.6) is 11.5 Å². The molecule has 0 saturated carbocycles. The molecule has 0 aromatic heterocycles. The average Bonchev–Trinajstić information content (AvgIpc) is 3.08. The van der Waals surface area contributed by atoms with Crippen molar-refractivity contribution in [2.45, 2.75) is 12.6 Å². The molecule has 7 nitrogen and oxygen atoms in total. The van der Waals surface area contributed by atoms with Crippen LogP contribution in [0.25, 0.3) is 0 Å². The third kappa shape index (κ3) is 3.34. The fraction of sp³-hybridized carbons (Fsp3) is 0.273. The molecule has 1 unspecified atom stereocenters. The summed E-state index contributed by atoms with van der Waals surface area (Å²) in [4.78, 5) is 29.1.